The molecule has 0 aliphatic heterocycles. The summed E-state index contributed by atoms with van der Waals surface area (Å²) in [6.07, 6.45) is -1.07. The third-order valence-electron chi connectivity index (χ3n) is 0.976. The maximum atomic E-state index is 11.6. The number of hydrogen-bond donors (Lipinski definition) is 0. The van der Waals surface area contributed by atoms with Gasteiger partial charge in [-0.25, -0.2) is 18.4 Å². The van der Waals surface area contributed by atoms with Crippen molar-refractivity contribution in [2.24, 2.45) is 0 Å². The number of alkyl halides is 2. The Morgan fingerprint density at radius 1 is 1.70 bits per heavy atom. The molecule has 1 rings (SSSR count). The van der Waals surface area contributed by atoms with Gasteiger partial charge in [0.15, 0.2) is 0 Å². The van der Waals surface area contributed by atoms with Gasteiger partial charge in [0.25, 0.3) is 6.43 Å². The van der Waals surface area contributed by atoms with E-state index in [2.05, 4.69) is 10.1 Å². The highest BCUT2D eigenvalue weighted by Crippen LogP contribution is 1.96. The lowest BCUT2D eigenvalue weighted by molar-refractivity contribution is 0.121. The second-order valence-electron chi connectivity index (χ2n) is 1.90. The van der Waals surface area contributed by atoms with Crippen molar-refractivity contribution >= 4 is 0 Å². The molecule has 0 aromatic carbocycles. The second-order valence-corrected chi connectivity index (χ2v) is 1.90. The Kier molecular flexibility index (Phi) is 1.94. The second kappa shape index (κ2) is 2.72. The van der Waals surface area contributed by atoms with E-state index in [1.54, 1.807) is 6.92 Å². The fourth-order valence-corrected chi connectivity index (χ4v) is 0.617. The number of hydrogen-bond acceptors (Lipinski definition) is 2. The molecule has 56 valence electrons. The third kappa shape index (κ3) is 1.75. The first-order valence-electron chi connectivity index (χ1n) is 2.82. The first-order valence-corrected chi connectivity index (χ1v) is 2.82. The van der Waals surface area contributed by atoms with Gasteiger partial charge in [-0.05, 0) is 6.92 Å². The summed E-state index contributed by atoms with van der Waals surface area (Å²) < 4.78 is 24.4. The molecule has 5 heteroatoms. The molecule has 0 fully saturated rings. The van der Waals surface area contributed by atoms with Crippen LogP contribution in [-0.4, -0.2) is 21.2 Å². The van der Waals surface area contributed by atoms with E-state index in [-0.39, 0.29) is 6.54 Å². The van der Waals surface area contributed by atoms with Gasteiger partial charge in [-0.3, -0.25) is 0 Å². The lowest BCUT2D eigenvalue weighted by Crippen LogP contribution is -2.06. The van der Waals surface area contributed by atoms with Gasteiger partial charge >= 0.3 is 0 Å². The number of nitrogens with zero attached hydrogens (tertiary/aromatic N) is 3. The summed E-state index contributed by atoms with van der Waals surface area (Å²) in [4.78, 5) is 3.69. The van der Waals surface area contributed by atoms with Crippen molar-refractivity contribution in [3.05, 3.63) is 12.2 Å². The summed E-state index contributed by atoms with van der Waals surface area (Å²) in [5.74, 6) is 0.514. The van der Waals surface area contributed by atoms with Crippen LogP contribution in [0.2, 0.25) is 0 Å². The molecule has 0 amide bonds. The SMILES string of the molecule is Cc1ncn(CC(F)F)n1. The molecule has 0 bridgehead atoms. The Hall–Kier alpha value is -1.00. The van der Waals surface area contributed by atoms with Crippen molar-refractivity contribution in [2.45, 2.75) is 19.9 Å². The first kappa shape index (κ1) is 7.11. The third-order valence-corrected chi connectivity index (χ3v) is 0.976. The summed E-state index contributed by atoms with van der Waals surface area (Å²) in [6.45, 7) is 1.28. The average molecular weight is 147 g/mol. The van der Waals surface area contributed by atoms with Crippen molar-refractivity contribution in [2.75, 3.05) is 0 Å². The zero-order chi connectivity index (χ0) is 7.56. The number of rotatable bonds is 2. The number of aromatic nitrogens is 3. The van der Waals surface area contributed by atoms with Gasteiger partial charge in [0.2, 0.25) is 0 Å². The molecule has 0 unspecified atom stereocenters. The molecule has 0 aliphatic carbocycles. The van der Waals surface area contributed by atoms with E-state index < -0.39 is 6.43 Å². The molecule has 3 nitrogen and oxygen atoms in total. The molecule has 1 heterocycles. The molecule has 0 radical (unpaired) electrons. The van der Waals surface area contributed by atoms with Crippen molar-refractivity contribution < 1.29 is 8.78 Å². The van der Waals surface area contributed by atoms with E-state index in [4.69, 9.17) is 0 Å². The quantitative estimate of drug-likeness (QED) is 0.620. The van der Waals surface area contributed by atoms with Crippen LogP contribution in [-0.2, 0) is 6.54 Å². The maximum Gasteiger partial charge on any atom is 0.257 e. The molecule has 0 aliphatic rings. The van der Waals surface area contributed by atoms with Crippen molar-refractivity contribution in [3.63, 3.8) is 0 Å². The van der Waals surface area contributed by atoms with Crippen LogP contribution in [0.1, 0.15) is 5.82 Å². The van der Waals surface area contributed by atoms with Crippen LogP contribution in [0.4, 0.5) is 8.78 Å². The van der Waals surface area contributed by atoms with E-state index in [1.807, 2.05) is 0 Å². The predicted molar refractivity (Wildman–Crippen MR) is 30.8 cm³/mol. The van der Waals surface area contributed by atoms with E-state index in [0.717, 1.165) is 4.68 Å². The lowest BCUT2D eigenvalue weighted by Gasteiger charge is -1.95. The fraction of sp³-hybridized carbons (Fsp3) is 0.600. The Morgan fingerprint density at radius 2 is 2.40 bits per heavy atom. The zero-order valence-electron chi connectivity index (χ0n) is 5.46. The molecular weight excluding hydrogens is 140 g/mol. The van der Waals surface area contributed by atoms with Gasteiger partial charge in [-0.15, -0.1) is 0 Å². The minimum atomic E-state index is -2.36. The smallest absolute Gasteiger partial charge is 0.247 e. The molecule has 0 saturated carbocycles. The molecule has 0 spiro atoms. The molecule has 1 aromatic rings. The molecule has 0 atom stereocenters. The largest absolute Gasteiger partial charge is 0.257 e. The van der Waals surface area contributed by atoms with Gasteiger partial charge in [0.1, 0.15) is 18.7 Å². The van der Waals surface area contributed by atoms with Gasteiger partial charge in [0, 0.05) is 0 Å². The molecule has 0 N–H and O–H groups in total. The van der Waals surface area contributed by atoms with E-state index in [1.165, 1.54) is 6.33 Å². The zero-order valence-corrected chi connectivity index (χ0v) is 5.46. The summed E-state index contributed by atoms with van der Waals surface area (Å²) in [6, 6.07) is 0. The number of aryl methyl sites for hydroxylation is 1. The van der Waals surface area contributed by atoms with Crippen LogP contribution in [0.15, 0.2) is 6.33 Å². The first-order chi connectivity index (χ1) is 4.68. The normalized spacial score (nSPS) is 10.8. The topological polar surface area (TPSA) is 30.7 Å². The summed E-state index contributed by atoms with van der Waals surface area (Å²) in [7, 11) is 0. The van der Waals surface area contributed by atoms with Crippen molar-refractivity contribution in [1.29, 1.82) is 0 Å². The predicted octanol–water partition coefficient (Wildman–Crippen LogP) is 0.852. The van der Waals surface area contributed by atoms with Crippen LogP contribution in [0.3, 0.4) is 0 Å². The summed E-state index contributed by atoms with van der Waals surface area (Å²) in [5.41, 5.74) is 0. The summed E-state index contributed by atoms with van der Waals surface area (Å²) >= 11 is 0. The molecule has 0 saturated heterocycles. The Morgan fingerprint density at radius 3 is 2.80 bits per heavy atom. The Balaban J connectivity index is 2.58. The van der Waals surface area contributed by atoms with Gasteiger partial charge in [-0.2, -0.15) is 5.10 Å². The monoisotopic (exact) mass is 147 g/mol. The minimum Gasteiger partial charge on any atom is -0.247 e. The highest BCUT2D eigenvalue weighted by molar-refractivity contribution is 4.74. The maximum absolute atomic E-state index is 11.6. The molecule has 1 aromatic heterocycles. The van der Waals surface area contributed by atoms with Crippen LogP contribution in [0.25, 0.3) is 0 Å². The van der Waals surface area contributed by atoms with Gasteiger partial charge in [0.05, 0.1) is 0 Å². The van der Waals surface area contributed by atoms with E-state index in [9.17, 15) is 8.78 Å². The van der Waals surface area contributed by atoms with Crippen LogP contribution in [0.5, 0.6) is 0 Å². The average Bonchev–Trinajstić information content (AvgIpc) is 2.13. The minimum absolute atomic E-state index is 0.374. The van der Waals surface area contributed by atoms with Gasteiger partial charge < -0.3 is 0 Å². The highest BCUT2D eigenvalue weighted by atomic mass is 19.3. The fourth-order valence-electron chi connectivity index (χ4n) is 0.617. The van der Waals surface area contributed by atoms with E-state index >= 15 is 0 Å². The summed E-state index contributed by atoms with van der Waals surface area (Å²) in [5, 5.41) is 3.68. The van der Waals surface area contributed by atoms with Crippen LogP contribution in [0, 0.1) is 6.92 Å². The Labute approximate surface area is 56.7 Å². The molecular formula is C5H7F2N3. The van der Waals surface area contributed by atoms with Crippen LogP contribution < -0.4 is 0 Å². The number of halogens is 2. The molecule has 10 heavy (non-hydrogen) atoms. The Bertz CT molecular complexity index is 208. The standard InChI is InChI=1S/C5H7F2N3/c1-4-8-3-10(9-4)2-5(6)7/h3,5H,2H2,1H3. The lowest BCUT2D eigenvalue weighted by atomic mass is 10.7. The van der Waals surface area contributed by atoms with Crippen LogP contribution >= 0.6 is 0 Å². The van der Waals surface area contributed by atoms with Gasteiger partial charge in [-0.1, -0.05) is 0 Å². The highest BCUT2D eigenvalue weighted by Gasteiger charge is 2.03. The van der Waals surface area contributed by atoms with E-state index in [0.29, 0.717) is 5.82 Å². The van der Waals surface area contributed by atoms with Crippen molar-refractivity contribution in [1.82, 2.24) is 14.8 Å². The van der Waals surface area contributed by atoms with Crippen molar-refractivity contribution in [3.8, 4) is 0 Å².